The molecule has 0 aliphatic heterocycles. The highest BCUT2D eigenvalue weighted by molar-refractivity contribution is 7.80. The molecule has 1 rings (SSSR count). The molecule has 0 heterocycles. The van der Waals surface area contributed by atoms with Gasteiger partial charge in [-0.05, 0) is 33.0 Å². The lowest BCUT2D eigenvalue weighted by Crippen LogP contribution is -2.38. The Kier molecular flexibility index (Phi) is 5.92. The molecule has 1 atom stereocenters. The first kappa shape index (κ1) is 15.6. The van der Waals surface area contributed by atoms with Crippen LogP contribution in [-0.4, -0.2) is 35.4 Å². The van der Waals surface area contributed by atoms with Crippen LogP contribution in [0, 0.1) is 6.92 Å². The molecule has 104 valence electrons. The third-order valence-electron chi connectivity index (χ3n) is 2.98. The van der Waals surface area contributed by atoms with Crippen LogP contribution in [0.5, 0.6) is 0 Å². The van der Waals surface area contributed by atoms with E-state index >= 15 is 0 Å². The molecular formula is C14H21N3OS. The molecule has 0 spiro atoms. The first-order valence-electron chi connectivity index (χ1n) is 6.23. The molecule has 0 saturated carbocycles. The quantitative estimate of drug-likeness (QED) is 0.781. The van der Waals surface area contributed by atoms with Crippen molar-refractivity contribution in [3.63, 3.8) is 0 Å². The van der Waals surface area contributed by atoms with Crippen LogP contribution in [0.1, 0.15) is 18.9 Å². The lowest BCUT2D eigenvalue weighted by Gasteiger charge is -2.23. The molecule has 0 radical (unpaired) electrons. The Morgan fingerprint density at radius 1 is 1.42 bits per heavy atom. The number of thiocarbonyl (C=S) groups is 1. The minimum Gasteiger partial charge on any atom is -0.393 e. The zero-order valence-electron chi connectivity index (χ0n) is 11.6. The van der Waals surface area contributed by atoms with Gasteiger partial charge in [-0.2, -0.15) is 0 Å². The van der Waals surface area contributed by atoms with Gasteiger partial charge in [0.1, 0.15) is 0 Å². The number of amides is 1. The number of carbonyl (C=O) groups excluding carboxylic acids is 1. The number of hydrogen-bond acceptors (Lipinski definition) is 3. The molecule has 0 bridgehead atoms. The first-order chi connectivity index (χ1) is 8.88. The van der Waals surface area contributed by atoms with Gasteiger partial charge in [0.15, 0.2) is 0 Å². The van der Waals surface area contributed by atoms with E-state index in [1.165, 1.54) is 5.56 Å². The second-order valence-corrected chi connectivity index (χ2v) is 5.37. The fourth-order valence-corrected chi connectivity index (χ4v) is 1.91. The monoisotopic (exact) mass is 279 g/mol. The maximum atomic E-state index is 11.9. The molecule has 1 unspecified atom stereocenters. The second-order valence-electron chi connectivity index (χ2n) is 4.85. The van der Waals surface area contributed by atoms with Crippen molar-refractivity contribution in [3.05, 3.63) is 29.8 Å². The van der Waals surface area contributed by atoms with Crippen molar-refractivity contribution in [2.45, 2.75) is 26.3 Å². The smallest absolute Gasteiger partial charge is 0.238 e. The molecule has 1 amide bonds. The van der Waals surface area contributed by atoms with Crippen molar-refractivity contribution in [3.8, 4) is 0 Å². The third kappa shape index (κ3) is 5.81. The minimum absolute atomic E-state index is 0.0406. The van der Waals surface area contributed by atoms with Gasteiger partial charge in [-0.3, -0.25) is 9.69 Å². The van der Waals surface area contributed by atoms with Crippen LogP contribution in [0.3, 0.4) is 0 Å². The molecule has 0 aromatic heterocycles. The first-order valence-corrected chi connectivity index (χ1v) is 6.64. The van der Waals surface area contributed by atoms with Crippen molar-refractivity contribution in [2.75, 3.05) is 18.9 Å². The van der Waals surface area contributed by atoms with Gasteiger partial charge in [0.25, 0.3) is 0 Å². The van der Waals surface area contributed by atoms with Gasteiger partial charge in [0.2, 0.25) is 5.91 Å². The third-order valence-corrected chi connectivity index (χ3v) is 3.14. The van der Waals surface area contributed by atoms with Crippen molar-refractivity contribution in [1.82, 2.24) is 4.90 Å². The van der Waals surface area contributed by atoms with Crippen LogP contribution in [0.15, 0.2) is 24.3 Å². The number of nitrogens with two attached hydrogens (primary N) is 1. The highest BCUT2D eigenvalue weighted by Gasteiger charge is 2.13. The summed E-state index contributed by atoms with van der Waals surface area (Å²) in [5.41, 5.74) is 7.48. The lowest BCUT2D eigenvalue weighted by molar-refractivity contribution is -0.117. The number of anilines is 1. The summed E-state index contributed by atoms with van der Waals surface area (Å²) in [6.45, 7) is 4.33. The SMILES string of the molecule is Cc1ccc(NC(=O)CN(C)C(C)CC(N)=S)cc1. The Morgan fingerprint density at radius 2 is 2.00 bits per heavy atom. The molecule has 0 fully saturated rings. The summed E-state index contributed by atoms with van der Waals surface area (Å²) in [6.07, 6.45) is 0.615. The highest BCUT2D eigenvalue weighted by Crippen LogP contribution is 2.09. The average molecular weight is 279 g/mol. The Morgan fingerprint density at radius 3 is 2.53 bits per heavy atom. The molecule has 0 aliphatic rings. The zero-order valence-corrected chi connectivity index (χ0v) is 12.5. The van der Waals surface area contributed by atoms with Crippen LogP contribution in [0.4, 0.5) is 5.69 Å². The summed E-state index contributed by atoms with van der Waals surface area (Å²) in [5, 5.41) is 2.86. The van der Waals surface area contributed by atoms with E-state index in [0.717, 1.165) is 5.69 Å². The fraction of sp³-hybridized carbons (Fsp3) is 0.429. The second kappa shape index (κ2) is 7.21. The number of benzene rings is 1. The maximum absolute atomic E-state index is 11.9. The zero-order chi connectivity index (χ0) is 14.4. The topological polar surface area (TPSA) is 58.4 Å². The van der Waals surface area contributed by atoms with Crippen molar-refractivity contribution < 1.29 is 4.79 Å². The van der Waals surface area contributed by atoms with Gasteiger partial charge in [0, 0.05) is 18.2 Å². The molecule has 3 N–H and O–H groups in total. The van der Waals surface area contributed by atoms with E-state index in [-0.39, 0.29) is 11.9 Å². The summed E-state index contributed by atoms with van der Waals surface area (Å²) in [4.78, 5) is 14.3. The van der Waals surface area contributed by atoms with Gasteiger partial charge in [-0.25, -0.2) is 0 Å². The summed E-state index contributed by atoms with van der Waals surface area (Å²) in [6, 6.07) is 7.88. The van der Waals surface area contributed by atoms with Gasteiger partial charge in [0.05, 0.1) is 11.5 Å². The Balaban J connectivity index is 2.46. The molecule has 1 aromatic carbocycles. The van der Waals surface area contributed by atoms with Gasteiger partial charge in [-0.15, -0.1) is 0 Å². The molecule has 5 heteroatoms. The normalized spacial score (nSPS) is 12.2. The fourth-order valence-electron chi connectivity index (χ4n) is 1.67. The van der Waals surface area contributed by atoms with Crippen LogP contribution in [0.2, 0.25) is 0 Å². The van der Waals surface area contributed by atoms with E-state index in [9.17, 15) is 4.79 Å². The maximum Gasteiger partial charge on any atom is 0.238 e. The molecule has 19 heavy (non-hydrogen) atoms. The minimum atomic E-state index is -0.0406. The number of nitrogens with zero attached hydrogens (tertiary/aromatic N) is 1. The summed E-state index contributed by atoms with van der Waals surface area (Å²) in [7, 11) is 1.89. The van der Waals surface area contributed by atoms with E-state index in [1.54, 1.807) is 0 Å². The van der Waals surface area contributed by atoms with E-state index < -0.39 is 0 Å². The predicted molar refractivity (Wildman–Crippen MR) is 83.3 cm³/mol. The van der Waals surface area contributed by atoms with Gasteiger partial charge in [-0.1, -0.05) is 29.9 Å². The number of likely N-dealkylation sites (N-methyl/N-ethyl adjacent to an activating group) is 1. The van der Waals surface area contributed by atoms with Gasteiger partial charge >= 0.3 is 0 Å². The summed E-state index contributed by atoms with van der Waals surface area (Å²) in [5.74, 6) is -0.0406. The number of carbonyl (C=O) groups is 1. The van der Waals surface area contributed by atoms with Gasteiger partial charge < -0.3 is 11.1 Å². The number of rotatable bonds is 6. The standard InChI is InChI=1S/C14H21N3OS/c1-10-4-6-12(7-5-10)16-14(18)9-17(3)11(2)8-13(15)19/h4-7,11H,8-9H2,1-3H3,(H2,15,19)(H,16,18). The van der Waals surface area contributed by atoms with Crippen LogP contribution >= 0.6 is 12.2 Å². The van der Waals surface area contributed by atoms with Crippen molar-refractivity contribution in [1.29, 1.82) is 0 Å². The van der Waals surface area contributed by atoms with E-state index in [1.807, 2.05) is 50.1 Å². The van der Waals surface area contributed by atoms with Crippen LogP contribution in [-0.2, 0) is 4.79 Å². The summed E-state index contributed by atoms with van der Waals surface area (Å²) >= 11 is 4.87. The van der Waals surface area contributed by atoms with Crippen molar-refractivity contribution in [2.24, 2.45) is 5.73 Å². The molecule has 1 aromatic rings. The number of nitrogens with one attached hydrogen (secondary N) is 1. The Bertz CT molecular complexity index is 445. The molecular weight excluding hydrogens is 258 g/mol. The van der Waals surface area contributed by atoms with E-state index in [2.05, 4.69) is 5.32 Å². The van der Waals surface area contributed by atoms with Crippen LogP contribution in [0.25, 0.3) is 0 Å². The largest absolute Gasteiger partial charge is 0.393 e. The van der Waals surface area contributed by atoms with Crippen molar-refractivity contribution >= 4 is 28.8 Å². The number of aryl methyl sites for hydroxylation is 1. The molecule has 0 aliphatic carbocycles. The van der Waals surface area contributed by atoms with E-state index in [4.69, 9.17) is 18.0 Å². The highest BCUT2D eigenvalue weighted by atomic mass is 32.1. The Labute approximate surface area is 120 Å². The number of hydrogen-bond donors (Lipinski definition) is 2. The lowest BCUT2D eigenvalue weighted by atomic mass is 10.2. The van der Waals surface area contributed by atoms with Crippen LogP contribution < -0.4 is 11.1 Å². The summed E-state index contributed by atoms with van der Waals surface area (Å²) < 4.78 is 0. The molecule has 4 nitrogen and oxygen atoms in total. The Hall–Kier alpha value is -1.46. The molecule has 0 saturated heterocycles. The average Bonchev–Trinajstić information content (AvgIpc) is 2.31. The predicted octanol–water partition coefficient (Wildman–Crippen LogP) is 1.93. The van der Waals surface area contributed by atoms with E-state index in [0.29, 0.717) is 18.0 Å².